The second kappa shape index (κ2) is 6.22. The minimum atomic E-state index is -0.652. The van der Waals surface area contributed by atoms with Gasteiger partial charge in [-0.3, -0.25) is 4.79 Å². The van der Waals surface area contributed by atoms with Crippen LogP contribution in [0.4, 0.5) is 14.5 Å². The molecule has 0 aliphatic rings. The van der Waals surface area contributed by atoms with E-state index in [9.17, 15) is 13.6 Å². The van der Waals surface area contributed by atoms with E-state index in [1.807, 2.05) is 0 Å². The molecule has 3 nitrogen and oxygen atoms in total. The monoisotopic (exact) mass is 354 g/mol. The Bertz CT molecular complexity index is 691. The van der Waals surface area contributed by atoms with Crippen molar-refractivity contribution in [3.8, 4) is 0 Å². The second-order valence-electron chi connectivity index (χ2n) is 4.59. The van der Waals surface area contributed by atoms with E-state index in [0.717, 1.165) is 6.07 Å². The summed E-state index contributed by atoms with van der Waals surface area (Å²) < 4.78 is 28.3. The van der Waals surface area contributed by atoms with E-state index in [4.69, 9.17) is 5.73 Å². The van der Waals surface area contributed by atoms with Gasteiger partial charge in [0.15, 0.2) is 0 Å². The fourth-order valence-electron chi connectivity index (χ4n) is 1.95. The van der Waals surface area contributed by atoms with Crippen LogP contribution >= 0.6 is 15.9 Å². The number of primary amides is 1. The average Bonchev–Trinajstić information content (AvgIpc) is 2.40. The summed E-state index contributed by atoms with van der Waals surface area (Å²) in [4.78, 5) is 11.1. The molecule has 0 saturated heterocycles. The van der Waals surface area contributed by atoms with Gasteiger partial charge in [-0.05, 0) is 37.3 Å². The summed E-state index contributed by atoms with van der Waals surface area (Å²) in [5, 5.41) is 2.84. The molecule has 1 atom stereocenters. The lowest BCUT2D eigenvalue weighted by Gasteiger charge is -2.17. The van der Waals surface area contributed by atoms with Crippen molar-refractivity contribution in [3.63, 3.8) is 0 Å². The topological polar surface area (TPSA) is 55.1 Å². The quantitative estimate of drug-likeness (QED) is 0.871. The van der Waals surface area contributed by atoms with Crippen LogP contribution in [-0.4, -0.2) is 5.91 Å². The van der Waals surface area contributed by atoms with E-state index in [0.29, 0.717) is 10.0 Å². The number of nitrogens with two attached hydrogens (primary N) is 1. The molecule has 0 bridgehead atoms. The maximum atomic E-state index is 13.9. The minimum Gasteiger partial charge on any atom is -0.376 e. The van der Waals surface area contributed by atoms with Crippen molar-refractivity contribution in [2.75, 3.05) is 5.32 Å². The second-order valence-corrected chi connectivity index (χ2v) is 5.51. The molecule has 2 rings (SSSR count). The van der Waals surface area contributed by atoms with Crippen molar-refractivity contribution in [1.29, 1.82) is 0 Å². The Morgan fingerprint density at radius 1 is 1.19 bits per heavy atom. The van der Waals surface area contributed by atoms with Gasteiger partial charge in [0, 0.05) is 15.6 Å². The molecule has 0 heterocycles. The van der Waals surface area contributed by atoms with Gasteiger partial charge < -0.3 is 11.1 Å². The molecule has 2 aromatic carbocycles. The Morgan fingerprint density at radius 3 is 2.52 bits per heavy atom. The summed E-state index contributed by atoms with van der Waals surface area (Å²) in [7, 11) is 0. The van der Waals surface area contributed by atoms with Crippen LogP contribution in [-0.2, 0) is 0 Å². The normalized spacial score (nSPS) is 12.0. The van der Waals surface area contributed by atoms with E-state index >= 15 is 0 Å². The van der Waals surface area contributed by atoms with Gasteiger partial charge in [0.2, 0.25) is 5.91 Å². The molecule has 0 radical (unpaired) electrons. The molecule has 0 fully saturated rings. The van der Waals surface area contributed by atoms with E-state index in [1.54, 1.807) is 19.1 Å². The number of anilines is 1. The fourth-order valence-corrected chi connectivity index (χ4v) is 2.29. The van der Waals surface area contributed by atoms with Gasteiger partial charge in [-0.15, -0.1) is 0 Å². The van der Waals surface area contributed by atoms with Gasteiger partial charge in [-0.25, -0.2) is 8.78 Å². The summed E-state index contributed by atoms with van der Waals surface area (Å²) in [5.41, 5.74) is 5.83. The third-order valence-corrected chi connectivity index (χ3v) is 3.55. The largest absolute Gasteiger partial charge is 0.376 e. The van der Waals surface area contributed by atoms with Gasteiger partial charge in [0.25, 0.3) is 0 Å². The molecule has 1 unspecified atom stereocenters. The van der Waals surface area contributed by atoms with Gasteiger partial charge in [0.1, 0.15) is 11.6 Å². The van der Waals surface area contributed by atoms with Gasteiger partial charge in [-0.2, -0.15) is 0 Å². The molecule has 3 N–H and O–H groups in total. The highest BCUT2D eigenvalue weighted by Crippen LogP contribution is 2.26. The summed E-state index contributed by atoms with van der Waals surface area (Å²) >= 11 is 3.18. The molecule has 110 valence electrons. The first-order valence-electron chi connectivity index (χ1n) is 6.19. The standard InChI is InChI=1S/C15H13BrF2N2O/c1-8(11-4-3-10(16)7-13(11)18)20-14-6-9(15(19)21)2-5-12(14)17/h2-8,20H,1H3,(H2,19,21). The third-order valence-electron chi connectivity index (χ3n) is 3.05. The Labute approximate surface area is 129 Å². The van der Waals surface area contributed by atoms with E-state index < -0.39 is 23.6 Å². The van der Waals surface area contributed by atoms with Crippen molar-refractivity contribution in [1.82, 2.24) is 0 Å². The first kappa shape index (κ1) is 15.4. The number of carbonyl (C=O) groups is 1. The van der Waals surface area contributed by atoms with Crippen molar-refractivity contribution >= 4 is 27.5 Å². The molecule has 1 amide bonds. The minimum absolute atomic E-state index is 0.0983. The molecular weight excluding hydrogens is 342 g/mol. The lowest BCUT2D eigenvalue weighted by molar-refractivity contribution is 0.100. The maximum Gasteiger partial charge on any atom is 0.248 e. The van der Waals surface area contributed by atoms with Crippen LogP contribution in [0, 0.1) is 11.6 Å². The van der Waals surface area contributed by atoms with E-state index in [1.165, 1.54) is 18.2 Å². The smallest absolute Gasteiger partial charge is 0.248 e. The molecule has 0 aromatic heterocycles. The maximum absolute atomic E-state index is 13.9. The van der Waals surface area contributed by atoms with E-state index in [2.05, 4.69) is 21.2 Å². The lowest BCUT2D eigenvalue weighted by Crippen LogP contribution is -2.14. The van der Waals surface area contributed by atoms with Crippen LogP contribution in [0.15, 0.2) is 40.9 Å². The zero-order valence-corrected chi connectivity index (χ0v) is 12.7. The van der Waals surface area contributed by atoms with Gasteiger partial charge in [-0.1, -0.05) is 22.0 Å². The Hall–Kier alpha value is -1.95. The molecular formula is C15H13BrF2N2O. The fraction of sp³-hybridized carbons (Fsp3) is 0.133. The van der Waals surface area contributed by atoms with Crippen LogP contribution in [0.1, 0.15) is 28.9 Å². The first-order valence-corrected chi connectivity index (χ1v) is 6.98. The Balaban J connectivity index is 2.28. The summed E-state index contributed by atoms with van der Waals surface area (Å²) in [6.07, 6.45) is 0. The molecule has 0 saturated carbocycles. The molecule has 21 heavy (non-hydrogen) atoms. The number of hydrogen-bond acceptors (Lipinski definition) is 2. The number of benzene rings is 2. The summed E-state index contributed by atoms with van der Waals surface area (Å²) in [6, 6.07) is 7.92. The number of amides is 1. The molecule has 6 heteroatoms. The Morgan fingerprint density at radius 2 is 1.90 bits per heavy atom. The van der Waals surface area contributed by atoms with Crippen molar-refractivity contribution < 1.29 is 13.6 Å². The van der Waals surface area contributed by atoms with Crippen LogP contribution in [0.25, 0.3) is 0 Å². The van der Waals surface area contributed by atoms with Crippen molar-refractivity contribution in [2.24, 2.45) is 5.73 Å². The Kier molecular flexibility index (Phi) is 4.57. The van der Waals surface area contributed by atoms with Gasteiger partial charge >= 0.3 is 0 Å². The molecule has 0 spiro atoms. The van der Waals surface area contributed by atoms with Crippen molar-refractivity contribution in [2.45, 2.75) is 13.0 Å². The molecule has 2 aromatic rings. The molecule has 0 aliphatic carbocycles. The highest BCUT2D eigenvalue weighted by molar-refractivity contribution is 9.10. The zero-order chi connectivity index (χ0) is 15.6. The number of halogens is 3. The molecule has 0 aliphatic heterocycles. The van der Waals surface area contributed by atoms with Crippen LogP contribution in [0.5, 0.6) is 0 Å². The lowest BCUT2D eigenvalue weighted by atomic mass is 10.1. The number of carbonyl (C=O) groups excluding carboxylic acids is 1. The van der Waals surface area contributed by atoms with Gasteiger partial charge in [0.05, 0.1) is 11.7 Å². The van der Waals surface area contributed by atoms with Crippen LogP contribution in [0.3, 0.4) is 0 Å². The average molecular weight is 355 g/mol. The van der Waals surface area contributed by atoms with Crippen molar-refractivity contribution in [3.05, 3.63) is 63.6 Å². The zero-order valence-electron chi connectivity index (χ0n) is 11.2. The highest BCUT2D eigenvalue weighted by atomic mass is 79.9. The summed E-state index contributed by atoms with van der Waals surface area (Å²) in [6.45, 7) is 1.70. The third kappa shape index (κ3) is 3.58. The summed E-state index contributed by atoms with van der Waals surface area (Å²) in [5.74, 6) is -1.60. The number of rotatable bonds is 4. The van der Waals surface area contributed by atoms with Crippen LogP contribution < -0.4 is 11.1 Å². The SMILES string of the molecule is CC(Nc1cc(C(N)=O)ccc1F)c1ccc(Br)cc1F. The highest BCUT2D eigenvalue weighted by Gasteiger charge is 2.14. The number of nitrogens with one attached hydrogen (secondary N) is 1. The predicted octanol–water partition coefficient (Wildman–Crippen LogP) is 4.00. The van der Waals surface area contributed by atoms with E-state index in [-0.39, 0.29) is 11.3 Å². The van der Waals surface area contributed by atoms with Crippen LogP contribution in [0.2, 0.25) is 0 Å². The first-order chi connectivity index (χ1) is 9.88. The number of hydrogen-bond donors (Lipinski definition) is 2. The predicted molar refractivity (Wildman–Crippen MR) is 81.1 cm³/mol.